The Bertz CT molecular complexity index is 420. The number of pyridine rings is 1. The molecule has 0 amide bonds. The van der Waals surface area contributed by atoms with Gasteiger partial charge in [-0.1, -0.05) is 13.0 Å². The summed E-state index contributed by atoms with van der Waals surface area (Å²) in [6.45, 7) is 4.25. The Kier molecular flexibility index (Phi) is 6.85. The molecular formula is C12H21N3O2S. The SMILES string of the molecule is CCNCCCNS(=O)(=O)CCc1ccccn1. The van der Waals surface area contributed by atoms with Crippen molar-refractivity contribution in [3.05, 3.63) is 30.1 Å². The summed E-state index contributed by atoms with van der Waals surface area (Å²) in [4.78, 5) is 4.10. The lowest BCUT2D eigenvalue weighted by molar-refractivity contribution is 0.574. The smallest absolute Gasteiger partial charge is 0.211 e. The summed E-state index contributed by atoms with van der Waals surface area (Å²) in [5.74, 6) is 0.0885. The summed E-state index contributed by atoms with van der Waals surface area (Å²) in [6.07, 6.45) is 2.92. The summed E-state index contributed by atoms with van der Waals surface area (Å²) in [5, 5.41) is 3.15. The zero-order valence-electron chi connectivity index (χ0n) is 10.7. The Labute approximate surface area is 109 Å². The average Bonchev–Trinajstić information content (AvgIpc) is 2.38. The molecule has 0 spiro atoms. The third kappa shape index (κ3) is 6.68. The molecule has 6 heteroatoms. The molecule has 0 fully saturated rings. The van der Waals surface area contributed by atoms with Crippen LogP contribution in [0.1, 0.15) is 19.0 Å². The molecule has 0 aliphatic heterocycles. The van der Waals surface area contributed by atoms with Crippen molar-refractivity contribution in [1.29, 1.82) is 0 Å². The van der Waals surface area contributed by atoms with Crippen molar-refractivity contribution < 1.29 is 8.42 Å². The molecule has 0 saturated carbocycles. The van der Waals surface area contributed by atoms with E-state index in [9.17, 15) is 8.42 Å². The molecule has 1 aromatic heterocycles. The van der Waals surface area contributed by atoms with Crippen LogP contribution in [-0.2, 0) is 16.4 Å². The molecule has 0 radical (unpaired) electrons. The van der Waals surface area contributed by atoms with Crippen LogP contribution in [0.3, 0.4) is 0 Å². The van der Waals surface area contributed by atoms with E-state index in [1.807, 2.05) is 25.1 Å². The van der Waals surface area contributed by atoms with Crippen LogP contribution < -0.4 is 10.0 Å². The van der Waals surface area contributed by atoms with E-state index in [4.69, 9.17) is 0 Å². The fourth-order valence-corrected chi connectivity index (χ4v) is 2.55. The summed E-state index contributed by atoms with van der Waals surface area (Å²) in [6, 6.07) is 5.51. The fraction of sp³-hybridized carbons (Fsp3) is 0.583. The molecule has 0 aliphatic rings. The van der Waals surface area contributed by atoms with Gasteiger partial charge >= 0.3 is 0 Å². The number of nitrogens with one attached hydrogen (secondary N) is 2. The molecule has 0 bridgehead atoms. The van der Waals surface area contributed by atoms with Gasteiger partial charge in [-0.05, 0) is 31.6 Å². The third-order valence-electron chi connectivity index (χ3n) is 2.46. The van der Waals surface area contributed by atoms with Gasteiger partial charge in [-0.3, -0.25) is 4.98 Å². The van der Waals surface area contributed by atoms with E-state index < -0.39 is 10.0 Å². The Balaban J connectivity index is 2.23. The van der Waals surface area contributed by atoms with Crippen LogP contribution in [0.2, 0.25) is 0 Å². The molecule has 18 heavy (non-hydrogen) atoms. The van der Waals surface area contributed by atoms with E-state index in [0.717, 1.165) is 25.2 Å². The summed E-state index contributed by atoms with van der Waals surface area (Å²) >= 11 is 0. The lowest BCUT2D eigenvalue weighted by Crippen LogP contribution is -2.30. The second-order valence-corrected chi connectivity index (χ2v) is 5.92. The molecule has 1 heterocycles. The van der Waals surface area contributed by atoms with E-state index in [1.54, 1.807) is 6.20 Å². The van der Waals surface area contributed by atoms with E-state index in [-0.39, 0.29) is 5.75 Å². The molecule has 0 aliphatic carbocycles. The zero-order valence-corrected chi connectivity index (χ0v) is 11.5. The average molecular weight is 271 g/mol. The van der Waals surface area contributed by atoms with Crippen molar-refractivity contribution in [1.82, 2.24) is 15.0 Å². The van der Waals surface area contributed by atoms with Gasteiger partial charge in [-0.15, -0.1) is 0 Å². The van der Waals surface area contributed by atoms with Crippen LogP contribution >= 0.6 is 0 Å². The first-order chi connectivity index (χ1) is 8.64. The fourth-order valence-electron chi connectivity index (χ4n) is 1.47. The molecule has 2 N–H and O–H groups in total. The highest BCUT2D eigenvalue weighted by atomic mass is 32.2. The number of rotatable bonds is 9. The predicted octanol–water partition coefficient (Wildman–Crippen LogP) is 0.543. The molecule has 0 atom stereocenters. The van der Waals surface area contributed by atoms with Crippen molar-refractivity contribution in [3.8, 4) is 0 Å². The van der Waals surface area contributed by atoms with Crippen LogP contribution in [-0.4, -0.2) is 38.8 Å². The first-order valence-corrected chi connectivity index (χ1v) is 7.87. The number of aryl methyl sites for hydroxylation is 1. The summed E-state index contributed by atoms with van der Waals surface area (Å²) in [5.41, 5.74) is 0.801. The molecule has 0 saturated heterocycles. The molecule has 1 aromatic rings. The van der Waals surface area contributed by atoms with Crippen molar-refractivity contribution in [3.63, 3.8) is 0 Å². The molecule has 0 unspecified atom stereocenters. The lowest BCUT2D eigenvalue weighted by atomic mass is 10.3. The van der Waals surface area contributed by atoms with Gasteiger partial charge in [0.15, 0.2) is 0 Å². The van der Waals surface area contributed by atoms with Crippen LogP contribution in [0.25, 0.3) is 0 Å². The molecule has 0 aromatic carbocycles. The number of hydrogen-bond donors (Lipinski definition) is 2. The molecule has 1 rings (SSSR count). The molecule has 5 nitrogen and oxygen atoms in total. The minimum atomic E-state index is -3.18. The van der Waals surface area contributed by atoms with E-state index in [2.05, 4.69) is 15.0 Å². The van der Waals surface area contributed by atoms with Crippen molar-refractivity contribution in [2.24, 2.45) is 0 Å². The Morgan fingerprint density at radius 2 is 2.11 bits per heavy atom. The highest BCUT2D eigenvalue weighted by Crippen LogP contribution is 1.97. The van der Waals surface area contributed by atoms with E-state index in [1.165, 1.54) is 0 Å². The Morgan fingerprint density at radius 1 is 1.28 bits per heavy atom. The standard InChI is InChI=1S/C12H21N3O2S/c1-2-13-8-5-10-15-18(16,17)11-7-12-6-3-4-9-14-12/h3-4,6,9,13,15H,2,5,7-8,10-11H2,1H3. The van der Waals surface area contributed by atoms with E-state index in [0.29, 0.717) is 13.0 Å². The van der Waals surface area contributed by atoms with Gasteiger partial charge in [0.2, 0.25) is 10.0 Å². The highest BCUT2D eigenvalue weighted by molar-refractivity contribution is 7.89. The maximum absolute atomic E-state index is 11.7. The number of aromatic nitrogens is 1. The zero-order chi connectivity index (χ0) is 13.3. The van der Waals surface area contributed by atoms with Gasteiger partial charge in [0.1, 0.15) is 0 Å². The monoisotopic (exact) mass is 271 g/mol. The second-order valence-electron chi connectivity index (χ2n) is 3.99. The van der Waals surface area contributed by atoms with Crippen LogP contribution in [0, 0.1) is 0 Å². The molecule has 102 valence electrons. The van der Waals surface area contributed by atoms with Gasteiger partial charge < -0.3 is 5.32 Å². The number of nitrogens with zero attached hydrogens (tertiary/aromatic N) is 1. The normalized spacial score (nSPS) is 11.6. The largest absolute Gasteiger partial charge is 0.317 e. The molecular weight excluding hydrogens is 250 g/mol. The highest BCUT2D eigenvalue weighted by Gasteiger charge is 2.09. The van der Waals surface area contributed by atoms with Crippen molar-refractivity contribution >= 4 is 10.0 Å². The van der Waals surface area contributed by atoms with Gasteiger partial charge in [-0.2, -0.15) is 0 Å². The van der Waals surface area contributed by atoms with Gasteiger partial charge in [-0.25, -0.2) is 13.1 Å². The third-order valence-corrected chi connectivity index (χ3v) is 3.84. The maximum Gasteiger partial charge on any atom is 0.211 e. The minimum Gasteiger partial charge on any atom is -0.317 e. The minimum absolute atomic E-state index is 0.0885. The first kappa shape index (κ1) is 15.1. The second kappa shape index (κ2) is 8.18. The van der Waals surface area contributed by atoms with Crippen molar-refractivity contribution in [2.75, 3.05) is 25.4 Å². The first-order valence-electron chi connectivity index (χ1n) is 6.22. The quantitative estimate of drug-likeness (QED) is 0.643. The topological polar surface area (TPSA) is 71.1 Å². The van der Waals surface area contributed by atoms with E-state index >= 15 is 0 Å². The van der Waals surface area contributed by atoms with Crippen molar-refractivity contribution in [2.45, 2.75) is 19.8 Å². The van der Waals surface area contributed by atoms with Gasteiger partial charge in [0, 0.05) is 24.9 Å². The number of hydrogen-bond acceptors (Lipinski definition) is 4. The summed E-state index contributed by atoms with van der Waals surface area (Å²) in [7, 11) is -3.18. The Morgan fingerprint density at radius 3 is 2.78 bits per heavy atom. The summed E-state index contributed by atoms with van der Waals surface area (Å²) < 4.78 is 25.9. The lowest BCUT2D eigenvalue weighted by Gasteiger charge is -2.06. The maximum atomic E-state index is 11.7. The van der Waals surface area contributed by atoms with Crippen LogP contribution in [0.4, 0.5) is 0 Å². The number of sulfonamides is 1. The predicted molar refractivity (Wildman–Crippen MR) is 72.9 cm³/mol. The van der Waals surface area contributed by atoms with Crippen LogP contribution in [0.15, 0.2) is 24.4 Å². The Hall–Kier alpha value is -0.980. The van der Waals surface area contributed by atoms with Gasteiger partial charge in [0.05, 0.1) is 5.75 Å². The van der Waals surface area contributed by atoms with Gasteiger partial charge in [0.25, 0.3) is 0 Å². The van der Waals surface area contributed by atoms with Crippen LogP contribution in [0.5, 0.6) is 0 Å².